The van der Waals surface area contributed by atoms with Gasteiger partial charge in [0, 0.05) is 12.8 Å². The predicted octanol–water partition coefficient (Wildman–Crippen LogP) is 8.15. The van der Waals surface area contributed by atoms with E-state index in [1.807, 2.05) is 12.2 Å². The summed E-state index contributed by atoms with van der Waals surface area (Å²) in [6, 6.07) is 43.1. The summed E-state index contributed by atoms with van der Waals surface area (Å²) in [5, 5.41) is 14.5. The highest BCUT2D eigenvalue weighted by atomic mass is 127. The third-order valence-corrected chi connectivity index (χ3v) is 20.0. The van der Waals surface area contributed by atoms with Gasteiger partial charge < -0.3 is 14.0 Å². The van der Waals surface area contributed by atoms with Crippen LogP contribution in [0.15, 0.2) is 144 Å². The van der Waals surface area contributed by atoms with Gasteiger partial charge in [-0.1, -0.05) is 169 Å². The Morgan fingerprint density at radius 2 is 1.00 bits per heavy atom. The SMILES string of the molecule is C=C[C@H](C[C@H](CC(I)=CCO)O[Si](c1ccccc1)(c1ccccc1)C(C)(C)C)O[Si](c1ccccc1)(c1ccccc1)C(C)(C)C. The molecule has 248 valence electrons. The van der Waals surface area contributed by atoms with Crippen LogP contribution >= 0.6 is 22.6 Å². The zero-order valence-electron chi connectivity index (χ0n) is 28.8. The minimum absolute atomic E-state index is 0.00629. The van der Waals surface area contributed by atoms with Crippen LogP contribution in [0.5, 0.6) is 0 Å². The highest BCUT2D eigenvalue weighted by Gasteiger charge is 2.53. The molecule has 0 saturated carbocycles. The Morgan fingerprint density at radius 1 is 0.660 bits per heavy atom. The lowest BCUT2D eigenvalue weighted by atomic mass is 10.1. The van der Waals surface area contributed by atoms with Crippen molar-refractivity contribution in [3.8, 4) is 0 Å². The van der Waals surface area contributed by atoms with Gasteiger partial charge in [0.25, 0.3) is 16.6 Å². The van der Waals surface area contributed by atoms with Crippen molar-refractivity contribution in [3.63, 3.8) is 0 Å². The monoisotopic (exact) mass is 774 g/mol. The molecule has 0 aliphatic carbocycles. The molecule has 3 nitrogen and oxygen atoms in total. The van der Waals surface area contributed by atoms with Gasteiger partial charge in [-0.05, 0) is 63.1 Å². The number of rotatable bonds is 14. The molecule has 0 aromatic heterocycles. The Kier molecular flexibility index (Phi) is 12.8. The lowest BCUT2D eigenvalue weighted by Crippen LogP contribution is -2.68. The van der Waals surface area contributed by atoms with Crippen molar-refractivity contribution < 1.29 is 14.0 Å². The van der Waals surface area contributed by atoms with E-state index in [1.165, 1.54) is 20.7 Å². The molecule has 0 unspecified atom stereocenters. The molecule has 0 fully saturated rings. The molecular weight excluding hydrogens is 724 g/mol. The van der Waals surface area contributed by atoms with Crippen molar-refractivity contribution >= 4 is 60.0 Å². The number of hydrogen-bond acceptors (Lipinski definition) is 3. The Labute approximate surface area is 299 Å². The minimum Gasteiger partial charge on any atom is -0.404 e. The summed E-state index contributed by atoms with van der Waals surface area (Å²) in [5.74, 6) is 0. The third kappa shape index (κ3) is 8.35. The molecule has 0 radical (unpaired) electrons. The average molecular weight is 775 g/mol. The van der Waals surface area contributed by atoms with Crippen LogP contribution in [-0.4, -0.2) is 40.6 Å². The fraction of sp³-hybridized carbons (Fsp3) is 0.317. The first-order valence-corrected chi connectivity index (χ1v) is 21.4. The van der Waals surface area contributed by atoms with E-state index < -0.39 is 16.6 Å². The standard InChI is InChI=1S/C41H51IO3Si2/c1-8-34(44-46(40(2,3)4,36-21-13-9-14-22-36)37-23-15-10-16-24-37)32-35(31-33(42)29-30-43)45-47(41(5,6)7,38-25-17-11-18-26-38)39-27-19-12-20-28-39/h8-29,34-35,43H,1,30-32H2,2-7H3/t34-,35+/m1/s1. The normalized spacial score (nSPS) is 14.4. The van der Waals surface area contributed by atoms with Gasteiger partial charge in [-0.15, -0.1) is 6.58 Å². The second-order valence-electron chi connectivity index (χ2n) is 14.2. The molecule has 0 saturated heterocycles. The smallest absolute Gasteiger partial charge is 0.261 e. The topological polar surface area (TPSA) is 38.7 Å². The number of halogens is 1. The number of hydrogen-bond donors (Lipinski definition) is 1. The number of benzene rings is 4. The Hall–Kier alpha value is -2.60. The molecule has 4 rings (SSSR count). The van der Waals surface area contributed by atoms with Crippen molar-refractivity contribution in [2.45, 2.75) is 76.7 Å². The molecule has 2 atom stereocenters. The lowest BCUT2D eigenvalue weighted by Gasteiger charge is -2.47. The van der Waals surface area contributed by atoms with Crippen molar-refractivity contribution in [2.75, 3.05) is 6.61 Å². The highest BCUT2D eigenvalue weighted by molar-refractivity contribution is 14.1. The fourth-order valence-electron chi connectivity index (χ4n) is 6.88. The highest BCUT2D eigenvalue weighted by Crippen LogP contribution is 2.41. The first kappa shape index (κ1) is 37.2. The summed E-state index contributed by atoms with van der Waals surface area (Å²) in [5.41, 5.74) is 0. The van der Waals surface area contributed by atoms with Gasteiger partial charge in [-0.2, -0.15) is 0 Å². The lowest BCUT2D eigenvalue weighted by molar-refractivity contribution is 0.121. The van der Waals surface area contributed by atoms with Gasteiger partial charge in [-0.3, -0.25) is 0 Å². The predicted molar refractivity (Wildman–Crippen MR) is 214 cm³/mol. The second-order valence-corrected chi connectivity index (χ2v) is 24.1. The van der Waals surface area contributed by atoms with Crippen LogP contribution < -0.4 is 20.7 Å². The Balaban J connectivity index is 1.87. The summed E-state index contributed by atoms with van der Waals surface area (Å²) in [6.45, 7) is 18.2. The van der Waals surface area contributed by atoms with E-state index in [-0.39, 0.29) is 28.9 Å². The molecule has 0 spiro atoms. The van der Waals surface area contributed by atoms with Gasteiger partial charge in [0.1, 0.15) is 0 Å². The van der Waals surface area contributed by atoms with Crippen LogP contribution in [0.2, 0.25) is 10.1 Å². The van der Waals surface area contributed by atoms with E-state index in [1.54, 1.807) is 0 Å². The maximum absolute atomic E-state index is 9.84. The van der Waals surface area contributed by atoms with E-state index in [4.69, 9.17) is 8.85 Å². The minimum atomic E-state index is -2.88. The average Bonchev–Trinajstić information content (AvgIpc) is 3.06. The maximum Gasteiger partial charge on any atom is 0.261 e. The molecule has 0 bridgehead atoms. The summed E-state index contributed by atoms with van der Waals surface area (Å²) in [6.07, 6.45) is 4.68. The molecule has 1 N–H and O–H groups in total. The van der Waals surface area contributed by atoms with Crippen LogP contribution in [0.1, 0.15) is 54.4 Å². The van der Waals surface area contributed by atoms with Crippen molar-refractivity contribution in [1.29, 1.82) is 0 Å². The van der Waals surface area contributed by atoms with Crippen LogP contribution in [0.4, 0.5) is 0 Å². The molecule has 47 heavy (non-hydrogen) atoms. The maximum atomic E-state index is 9.84. The van der Waals surface area contributed by atoms with Gasteiger partial charge in [0.15, 0.2) is 0 Å². The molecule has 0 aliphatic rings. The van der Waals surface area contributed by atoms with E-state index in [0.29, 0.717) is 12.8 Å². The summed E-state index contributed by atoms with van der Waals surface area (Å²) < 4.78 is 16.4. The van der Waals surface area contributed by atoms with Crippen LogP contribution in [0.25, 0.3) is 0 Å². The van der Waals surface area contributed by atoms with E-state index >= 15 is 0 Å². The van der Waals surface area contributed by atoms with Crippen molar-refractivity contribution in [2.24, 2.45) is 0 Å². The molecule has 4 aromatic carbocycles. The molecular formula is C41H51IO3Si2. The first-order chi connectivity index (χ1) is 22.4. The zero-order valence-corrected chi connectivity index (χ0v) is 33.0. The van der Waals surface area contributed by atoms with Gasteiger partial charge in [-0.25, -0.2) is 0 Å². The fourth-order valence-corrected chi connectivity index (χ4v) is 16.9. The zero-order chi connectivity index (χ0) is 34.1. The number of aliphatic hydroxyl groups excluding tert-OH is 1. The molecule has 6 heteroatoms. The largest absolute Gasteiger partial charge is 0.404 e. The van der Waals surface area contributed by atoms with Crippen LogP contribution in [0.3, 0.4) is 0 Å². The van der Waals surface area contributed by atoms with Crippen molar-refractivity contribution in [1.82, 2.24) is 0 Å². The molecule has 4 aromatic rings. The number of aliphatic hydroxyl groups is 1. The van der Waals surface area contributed by atoms with E-state index in [0.717, 1.165) is 3.58 Å². The summed E-state index contributed by atoms with van der Waals surface area (Å²) in [7, 11) is -5.73. The Morgan fingerprint density at radius 3 is 1.30 bits per heavy atom. The molecule has 0 aliphatic heterocycles. The molecule has 0 heterocycles. The molecule has 0 amide bonds. The van der Waals surface area contributed by atoms with Gasteiger partial charge in [0.05, 0.1) is 18.8 Å². The first-order valence-electron chi connectivity index (χ1n) is 16.5. The second kappa shape index (κ2) is 16.2. The summed E-state index contributed by atoms with van der Waals surface area (Å²) in [4.78, 5) is 0. The third-order valence-electron chi connectivity index (χ3n) is 9.00. The quantitative estimate of drug-likeness (QED) is 0.0799. The van der Waals surface area contributed by atoms with Crippen LogP contribution in [-0.2, 0) is 8.85 Å². The summed E-state index contributed by atoms with van der Waals surface area (Å²) >= 11 is 2.36. The van der Waals surface area contributed by atoms with Crippen molar-refractivity contribution in [3.05, 3.63) is 144 Å². The van der Waals surface area contributed by atoms with Crippen LogP contribution in [0, 0.1) is 0 Å². The van der Waals surface area contributed by atoms with Gasteiger partial charge in [0.2, 0.25) is 0 Å². The Bertz CT molecular complexity index is 1480. The van der Waals surface area contributed by atoms with E-state index in [9.17, 15) is 5.11 Å². The van der Waals surface area contributed by atoms with E-state index in [2.05, 4.69) is 192 Å². The van der Waals surface area contributed by atoms with Gasteiger partial charge >= 0.3 is 0 Å².